The number of carbonyl (C=O) groups excluding carboxylic acids is 6. The number of ketones is 5. The van der Waals surface area contributed by atoms with E-state index in [-0.39, 0.29) is 36.5 Å². The number of phenols is 1. The molecule has 2 N–H and O–H groups in total. The molecule has 3 unspecified atom stereocenters. The molecule has 6 atom stereocenters. The molecule has 2 saturated carbocycles. The summed E-state index contributed by atoms with van der Waals surface area (Å²) in [6.45, 7) is 10.3. The predicted molar refractivity (Wildman–Crippen MR) is 168 cm³/mol. The molecule has 2 aromatic carbocycles. The summed E-state index contributed by atoms with van der Waals surface area (Å²) in [5.41, 5.74) is -2.82. The van der Waals surface area contributed by atoms with Gasteiger partial charge < -0.3 is 14.9 Å². The first-order valence-electron chi connectivity index (χ1n) is 16.0. The summed E-state index contributed by atoms with van der Waals surface area (Å²) in [6.07, 6.45) is 1.96. The Morgan fingerprint density at radius 3 is 2.24 bits per heavy atom. The molecule has 2 aromatic rings. The number of aromatic hydroxyl groups is 1. The van der Waals surface area contributed by atoms with Crippen LogP contribution >= 0.6 is 0 Å². The van der Waals surface area contributed by atoms with Gasteiger partial charge in [-0.3, -0.25) is 28.8 Å². The molecule has 0 aliphatic heterocycles. The van der Waals surface area contributed by atoms with Crippen LogP contribution in [0.1, 0.15) is 82.3 Å². The number of unbranched alkanes of at least 4 members (excludes halogenated alkanes) is 1. The van der Waals surface area contributed by atoms with Gasteiger partial charge in [0.15, 0.2) is 28.7 Å². The average Bonchev–Trinajstić information content (AvgIpc) is 2.95. The fourth-order valence-electron chi connectivity index (χ4n) is 8.76. The van der Waals surface area contributed by atoms with Gasteiger partial charge in [-0.05, 0) is 65.8 Å². The molecule has 0 bridgehead atoms. The van der Waals surface area contributed by atoms with Crippen molar-refractivity contribution < 1.29 is 43.7 Å². The number of rotatable bonds is 8. The Kier molecular flexibility index (Phi) is 8.47. The minimum Gasteiger partial charge on any atom is -0.507 e. The van der Waals surface area contributed by atoms with Crippen molar-refractivity contribution in [3.63, 3.8) is 0 Å². The second-order valence-electron chi connectivity index (χ2n) is 14.3. The maximum absolute atomic E-state index is 14.4. The van der Waals surface area contributed by atoms with Crippen LogP contribution in [0, 0.1) is 34.5 Å². The Balaban J connectivity index is 1.58. The molecule has 0 heterocycles. The van der Waals surface area contributed by atoms with E-state index < -0.39 is 69.0 Å². The van der Waals surface area contributed by atoms with Crippen LogP contribution in [0.25, 0.3) is 11.1 Å². The quantitative estimate of drug-likeness (QED) is 0.241. The Labute approximate surface area is 268 Å². The molecule has 9 heteroatoms. The fourth-order valence-corrected chi connectivity index (χ4v) is 8.76. The van der Waals surface area contributed by atoms with Gasteiger partial charge in [-0.1, -0.05) is 71.4 Å². The number of Topliss-reactive ketones (excluding diaryl/α,β-unsaturated/α-hetero) is 5. The first-order chi connectivity index (χ1) is 21.5. The SMILES string of the molecule is CCCCOC(=O)Cc1ccc(-c2ccc(O)c3c2C[C@]2(C)C[C@]4(C)C(C(C)C)C(=O)C(C(C)=O)C(=O)[C@]4(O)C(=O)C2C3=O)cc1. The van der Waals surface area contributed by atoms with Crippen LogP contribution in [-0.4, -0.2) is 57.3 Å². The highest BCUT2D eigenvalue weighted by Crippen LogP contribution is 2.64. The number of phenolic OH excluding ortho intramolecular Hbond substituents is 1. The molecule has 3 aliphatic rings. The number of aliphatic hydroxyl groups is 1. The van der Waals surface area contributed by atoms with E-state index in [0.717, 1.165) is 30.9 Å². The zero-order chi connectivity index (χ0) is 33.9. The number of benzene rings is 2. The number of esters is 1. The third-order valence-corrected chi connectivity index (χ3v) is 10.6. The van der Waals surface area contributed by atoms with Crippen LogP contribution in [-0.2, 0) is 41.6 Å². The highest BCUT2D eigenvalue weighted by atomic mass is 16.5. The lowest BCUT2D eigenvalue weighted by Gasteiger charge is -2.61. The molecule has 2 fully saturated rings. The zero-order valence-corrected chi connectivity index (χ0v) is 27.3. The summed E-state index contributed by atoms with van der Waals surface area (Å²) in [5, 5.41) is 23.1. The molecule has 3 aliphatic carbocycles. The monoisotopic (exact) mass is 630 g/mol. The van der Waals surface area contributed by atoms with E-state index in [9.17, 15) is 39.0 Å². The summed E-state index contributed by atoms with van der Waals surface area (Å²) in [7, 11) is 0. The van der Waals surface area contributed by atoms with Gasteiger partial charge in [0.25, 0.3) is 0 Å². The third-order valence-electron chi connectivity index (χ3n) is 10.6. The highest BCUT2D eigenvalue weighted by Gasteiger charge is 2.76. The van der Waals surface area contributed by atoms with E-state index in [2.05, 4.69) is 0 Å². The van der Waals surface area contributed by atoms with E-state index in [0.29, 0.717) is 17.7 Å². The molecule has 5 rings (SSSR count). The maximum Gasteiger partial charge on any atom is 0.310 e. The molecular weight excluding hydrogens is 588 g/mol. The van der Waals surface area contributed by atoms with Gasteiger partial charge in [-0.25, -0.2) is 0 Å². The average molecular weight is 631 g/mol. The van der Waals surface area contributed by atoms with Crippen molar-refractivity contribution in [2.45, 2.75) is 79.2 Å². The fraction of sp³-hybridized carbons (Fsp3) is 0.514. The molecule has 0 radical (unpaired) electrons. The molecule has 0 spiro atoms. The van der Waals surface area contributed by atoms with Crippen LogP contribution in [0.15, 0.2) is 36.4 Å². The van der Waals surface area contributed by atoms with Gasteiger partial charge in [0.2, 0.25) is 0 Å². The van der Waals surface area contributed by atoms with E-state index in [1.165, 1.54) is 6.07 Å². The van der Waals surface area contributed by atoms with Crippen molar-refractivity contribution in [2.75, 3.05) is 6.61 Å². The summed E-state index contributed by atoms with van der Waals surface area (Å²) < 4.78 is 5.27. The van der Waals surface area contributed by atoms with Gasteiger partial charge in [0, 0.05) is 11.3 Å². The third kappa shape index (κ3) is 4.86. The molecule has 0 saturated heterocycles. The Morgan fingerprint density at radius 2 is 1.65 bits per heavy atom. The van der Waals surface area contributed by atoms with Crippen LogP contribution in [0.5, 0.6) is 5.75 Å². The van der Waals surface area contributed by atoms with Crippen LogP contribution < -0.4 is 0 Å². The molecule has 0 amide bonds. The second kappa shape index (κ2) is 11.7. The van der Waals surface area contributed by atoms with Crippen LogP contribution in [0.4, 0.5) is 0 Å². The zero-order valence-electron chi connectivity index (χ0n) is 27.3. The topological polar surface area (TPSA) is 152 Å². The van der Waals surface area contributed by atoms with Gasteiger partial charge in [-0.15, -0.1) is 0 Å². The first kappa shape index (κ1) is 33.4. The Hall–Kier alpha value is -3.98. The van der Waals surface area contributed by atoms with E-state index >= 15 is 0 Å². The lowest BCUT2D eigenvalue weighted by atomic mass is 9.40. The second-order valence-corrected chi connectivity index (χ2v) is 14.3. The summed E-state index contributed by atoms with van der Waals surface area (Å²) in [4.78, 5) is 81.0. The molecule has 0 aromatic heterocycles. The normalized spacial score (nSPS) is 30.5. The van der Waals surface area contributed by atoms with E-state index in [4.69, 9.17) is 4.74 Å². The lowest BCUT2D eigenvalue weighted by Crippen LogP contribution is -2.76. The maximum atomic E-state index is 14.4. The summed E-state index contributed by atoms with van der Waals surface area (Å²) >= 11 is 0. The highest BCUT2D eigenvalue weighted by molar-refractivity contribution is 6.32. The van der Waals surface area contributed by atoms with Crippen molar-refractivity contribution >= 4 is 34.9 Å². The van der Waals surface area contributed by atoms with Gasteiger partial charge in [0.1, 0.15) is 17.5 Å². The largest absolute Gasteiger partial charge is 0.507 e. The Bertz CT molecular complexity index is 1650. The number of carbonyl (C=O) groups is 6. The molecule has 46 heavy (non-hydrogen) atoms. The molecule has 9 nitrogen and oxygen atoms in total. The van der Waals surface area contributed by atoms with Crippen molar-refractivity contribution in [2.24, 2.45) is 34.5 Å². The number of ether oxygens (including phenoxy) is 1. The minimum absolute atomic E-state index is 0.0167. The summed E-state index contributed by atoms with van der Waals surface area (Å²) in [5.74, 6) is -9.56. The first-order valence-corrected chi connectivity index (χ1v) is 16.0. The Morgan fingerprint density at radius 1 is 1.00 bits per heavy atom. The van der Waals surface area contributed by atoms with Gasteiger partial charge in [0.05, 0.1) is 24.5 Å². The lowest BCUT2D eigenvalue weighted by molar-refractivity contribution is -0.205. The van der Waals surface area contributed by atoms with Crippen LogP contribution in [0.3, 0.4) is 0 Å². The smallest absolute Gasteiger partial charge is 0.310 e. The van der Waals surface area contributed by atoms with E-state index in [1.807, 2.05) is 19.1 Å². The number of hydrogen-bond donors (Lipinski definition) is 2. The number of hydrogen-bond acceptors (Lipinski definition) is 9. The van der Waals surface area contributed by atoms with E-state index in [1.54, 1.807) is 45.9 Å². The molecular formula is C37H42O9. The van der Waals surface area contributed by atoms with Gasteiger partial charge >= 0.3 is 5.97 Å². The predicted octanol–water partition coefficient (Wildman–Crippen LogP) is 4.65. The minimum atomic E-state index is -2.73. The molecule has 244 valence electrons. The van der Waals surface area contributed by atoms with Crippen molar-refractivity contribution in [1.82, 2.24) is 0 Å². The standard InChI is InChI=1S/C37H42O9/c1-7-8-15-46-26(40)16-21-9-11-22(12-10-21)23-13-14-25(39)28-24(23)17-35(5)18-36(6)29(19(2)3)31(41)27(20(4)38)33(43)37(36,45)34(44)30(35)32(28)42/h9-14,19,27,29-30,39,45H,7-8,15-18H2,1-6H3/t27?,29?,30?,35-,36-,37+/m1/s1. The van der Waals surface area contributed by atoms with Gasteiger partial charge in [-0.2, -0.15) is 0 Å². The van der Waals surface area contributed by atoms with Crippen molar-refractivity contribution in [3.8, 4) is 16.9 Å². The van der Waals surface area contributed by atoms with Crippen molar-refractivity contribution in [3.05, 3.63) is 53.1 Å². The van der Waals surface area contributed by atoms with Crippen molar-refractivity contribution in [1.29, 1.82) is 0 Å². The number of fused-ring (bicyclic) bond motifs is 3. The summed E-state index contributed by atoms with van der Waals surface area (Å²) in [6, 6.07) is 10.3. The van der Waals surface area contributed by atoms with Crippen LogP contribution in [0.2, 0.25) is 0 Å².